The van der Waals surface area contributed by atoms with E-state index >= 15 is 0 Å². The maximum atomic E-state index is 3.69. The lowest BCUT2D eigenvalue weighted by Gasteiger charge is -2.33. The number of benzene rings is 1. The maximum absolute atomic E-state index is 3.69. The number of rotatable bonds is 3. The third kappa shape index (κ3) is 3.41. The summed E-state index contributed by atoms with van der Waals surface area (Å²) in [5.41, 5.74) is 1.27. The zero-order valence-corrected chi connectivity index (χ0v) is 11.9. The van der Waals surface area contributed by atoms with Gasteiger partial charge in [0.05, 0.1) is 0 Å². The van der Waals surface area contributed by atoms with Gasteiger partial charge < -0.3 is 5.32 Å². The molecular formula is C15H23NS. The maximum Gasteiger partial charge on any atom is 0.0343 e. The van der Waals surface area contributed by atoms with E-state index in [0.717, 1.165) is 11.8 Å². The van der Waals surface area contributed by atoms with Crippen LogP contribution in [0.1, 0.15) is 33.1 Å². The Morgan fingerprint density at radius 3 is 2.41 bits per heavy atom. The van der Waals surface area contributed by atoms with Crippen LogP contribution < -0.4 is 5.32 Å². The summed E-state index contributed by atoms with van der Waals surface area (Å²) in [5, 5.41) is 3.69. The standard InChI is InChI=1S/C15H23NS/c1-11-4-9-15(12(2)10-11)16-13-5-7-14(17-3)8-6-13/h5-8,11-12,15-16H,4,9-10H2,1-3H3. The highest BCUT2D eigenvalue weighted by Gasteiger charge is 2.24. The highest BCUT2D eigenvalue weighted by molar-refractivity contribution is 7.98. The fourth-order valence-electron chi connectivity index (χ4n) is 2.78. The molecule has 0 heterocycles. The lowest BCUT2D eigenvalue weighted by molar-refractivity contribution is 0.276. The lowest BCUT2D eigenvalue weighted by Crippen LogP contribution is -2.32. The lowest BCUT2D eigenvalue weighted by atomic mass is 9.80. The van der Waals surface area contributed by atoms with E-state index in [2.05, 4.69) is 49.7 Å². The Kier molecular flexibility index (Phi) is 4.38. The normalized spacial score (nSPS) is 29.0. The van der Waals surface area contributed by atoms with Crippen LogP contribution in [0.3, 0.4) is 0 Å². The topological polar surface area (TPSA) is 12.0 Å². The number of anilines is 1. The van der Waals surface area contributed by atoms with E-state index in [9.17, 15) is 0 Å². The molecule has 1 aliphatic rings. The summed E-state index contributed by atoms with van der Waals surface area (Å²) in [4.78, 5) is 1.33. The van der Waals surface area contributed by atoms with Gasteiger partial charge in [-0.3, -0.25) is 0 Å². The first-order chi connectivity index (χ1) is 8.19. The van der Waals surface area contributed by atoms with Crippen LogP contribution in [0.4, 0.5) is 5.69 Å². The summed E-state index contributed by atoms with van der Waals surface area (Å²) in [6.45, 7) is 4.75. The Labute approximate surface area is 109 Å². The van der Waals surface area contributed by atoms with E-state index in [1.807, 2.05) is 0 Å². The first-order valence-electron chi connectivity index (χ1n) is 6.59. The van der Waals surface area contributed by atoms with E-state index in [-0.39, 0.29) is 0 Å². The van der Waals surface area contributed by atoms with E-state index < -0.39 is 0 Å². The summed E-state index contributed by atoms with van der Waals surface area (Å²) in [5.74, 6) is 1.70. The van der Waals surface area contributed by atoms with Gasteiger partial charge in [0.15, 0.2) is 0 Å². The first kappa shape index (κ1) is 12.8. The fraction of sp³-hybridized carbons (Fsp3) is 0.600. The SMILES string of the molecule is CSc1ccc(NC2CCC(C)CC2C)cc1. The van der Waals surface area contributed by atoms with E-state index in [0.29, 0.717) is 6.04 Å². The molecule has 1 saturated carbocycles. The first-order valence-corrected chi connectivity index (χ1v) is 7.82. The van der Waals surface area contributed by atoms with Crippen molar-refractivity contribution in [3.05, 3.63) is 24.3 Å². The molecule has 1 aromatic rings. The van der Waals surface area contributed by atoms with Crippen LogP contribution in [0.15, 0.2) is 29.2 Å². The Hall–Kier alpha value is -0.630. The average Bonchev–Trinajstić information content (AvgIpc) is 2.34. The van der Waals surface area contributed by atoms with Crippen LogP contribution in [0.25, 0.3) is 0 Å². The predicted molar refractivity (Wildman–Crippen MR) is 77.8 cm³/mol. The van der Waals surface area contributed by atoms with Gasteiger partial charge >= 0.3 is 0 Å². The van der Waals surface area contributed by atoms with Crippen LogP contribution in [0.5, 0.6) is 0 Å². The summed E-state index contributed by atoms with van der Waals surface area (Å²) in [6.07, 6.45) is 6.16. The predicted octanol–water partition coefficient (Wildman–Crippen LogP) is 4.65. The third-order valence-corrected chi connectivity index (χ3v) is 4.62. The summed E-state index contributed by atoms with van der Waals surface area (Å²) >= 11 is 1.80. The molecule has 0 saturated heterocycles. The van der Waals surface area contributed by atoms with Crippen molar-refractivity contribution in [1.82, 2.24) is 0 Å². The van der Waals surface area contributed by atoms with Gasteiger partial charge in [-0.25, -0.2) is 0 Å². The van der Waals surface area contributed by atoms with Gasteiger partial charge in [-0.15, -0.1) is 11.8 Å². The van der Waals surface area contributed by atoms with Crippen molar-refractivity contribution in [2.75, 3.05) is 11.6 Å². The van der Waals surface area contributed by atoms with Crippen molar-refractivity contribution in [2.24, 2.45) is 11.8 Å². The van der Waals surface area contributed by atoms with Gasteiger partial charge in [-0.2, -0.15) is 0 Å². The highest BCUT2D eigenvalue weighted by atomic mass is 32.2. The molecule has 0 amide bonds. The molecular weight excluding hydrogens is 226 g/mol. The molecule has 17 heavy (non-hydrogen) atoms. The Balaban J connectivity index is 1.95. The molecule has 3 atom stereocenters. The second kappa shape index (κ2) is 5.81. The Morgan fingerprint density at radius 2 is 1.82 bits per heavy atom. The molecule has 0 radical (unpaired) electrons. The molecule has 1 N–H and O–H groups in total. The molecule has 1 fully saturated rings. The van der Waals surface area contributed by atoms with E-state index in [4.69, 9.17) is 0 Å². The van der Waals surface area contributed by atoms with Gasteiger partial charge in [-0.05, 0) is 61.6 Å². The van der Waals surface area contributed by atoms with Crippen LogP contribution in [0.2, 0.25) is 0 Å². The molecule has 2 heteroatoms. The van der Waals surface area contributed by atoms with Crippen molar-refractivity contribution in [1.29, 1.82) is 0 Å². The zero-order chi connectivity index (χ0) is 12.3. The highest BCUT2D eigenvalue weighted by Crippen LogP contribution is 2.31. The quantitative estimate of drug-likeness (QED) is 0.783. The molecule has 0 aromatic heterocycles. The summed E-state index contributed by atoms with van der Waals surface area (Å²) < 4.78 is 0. The van der Waals surface area contributed by atoms with Gasteiger partial charge in [0.25, 0.3) is 0 Å². The molecule has 0 aliphatic heterocycles. The van der Waals surface area contributed by atoms with Crippen LogP contribution in [-0.4, -0.2) is 12.3 Å². The number of hydrogen-bond acceptors (Lipinski definition) is 2. The number of thioether (sulfide) groups is 1. The third-order valence-electron chi connectivity index (χ3n) is 3.87. The minimum atomic E-state index is 0.659. The summed E-state index contributed by atoms with van der Waals surface area (Å²) in [6, 6.07) is 9.46. The minimum Gasteiger partial charge on any atom is -0.382 e. The minimum absolute atomic E-state index is 0.659. The second-order valence-electron chi connectivity index (χ2n) is 5.37. The van der Waals surface area contributed by atoms with E-state index in [1.54, 1.807) is 11.8 Å². The monoisotopic (exact) mass is 249 g/mol. The smallest absolute Gasteiger partial charge is 0.0343 e. The molecule has 2 rings (SSSR count). The molecule has 1 aromatic carbocycles. The molecule has 94 valence electrons. The largest absolute Gasteiger partial charge is 0.382 e. The van der Waals surface area contributed by atoms with Crippen LogP contribution in [0, 0.1) is 11.8 Å². The zero-order valence-electron chi connectivity index (χ0n) is 11.1. The summed E-state index contributed by atoms with van der Waals surface area (Å²) in [7, 11) is 0. The van der Waals surface area contributed by atoms with Crippen LogP contribution >= 0.6 is 11.8 Å². The molecule has 1 aliphatic carbocycles. The Morgan fingerprint density at radius 1 is 1.12 bits per heavy atom. The van der Waals surface area contributed by atoms with Gasteiger partial charge in [-0.1, -0.05) is 13.8 Å². The van der Waals surface area contributed by atoms with Gasteiger partial charge in [0.1, 0.15) is 0 Å². The van der Waals surface area contributed by atoms with E-state index in [1.165, 1.54) is 29.8 Å². The van der Waals surface area contributed by atoms with Crippen LogP contribution in [-0.2, 0) is 0 Å². The molecule has 0 spiro atoms. The van der Waals surface area contributed by atoms with Gasteiger partial charge in [0.2, 0.25) is 0 Å². The average molecular weight is 249 g/mol. The number of nitrogens with one attached hydrogen (secondary N) is 1. The van der Waals surface area contributed by atoms with Gasteiger partial charge in [0, 0.05) is 16.6 Å². The van der Waals surface area contributed by atoms with Crippen molar-refractivity contribution >= 4 is 17.4 Å². The van der Waals surface area contributed by atoms with Crippen molar-refractivity contribution in [3.8, 4) is 0 Å². The van der Waals surface area contributed by atoms with Crippen molar-refractivity contribution in [2.45, 2.75) is 44.0 Å². The van der Waals surface area contributed by atoms with Crippen molar-refractivity contribution < 1.29 is 0 Å². The van der Waals surface area contributed by atoms with Crippen molar-refractivity contribution in [3.63, 3.8) is 0 Å². The Bertz CT molecular complexity index is 346. The molecule has 3 unspecified atom stereocenters. The second-order valence-corrected chi connectivity index (χ2v) is 6.25. The fourth-order valence-corrected chi connectivity index (χ4v) is 3.19. The molecule has 0 bridgehead atoms. The molecule has 1 nitrogen and oxygen atoms in total. The number of hydrogen-bond donors (Lipinski definition) is 1.